The third-order valence-corrected chi connectivity index (χ3v) is 3.21. The molecule has 0 N–H and O–H groups in total. The van der Waals surface area contributed by atoms with Crippen LogP contribution in [0.2, 0.25) is 0 Å². The van der Waals surface area contributed by atoms with Gasteiger partial charge in [0.05, 0.1) is 0 Å². The first kappa shape index (κ1) is 10.4. The van der Waals surface area contributed by atoms with Crippen molar-refractivity contribution in [2.75, 3.05) is 11.5 Å². The zero-order valence-electron chi connectivity index (χ0n) is 5.06. The summed E-state index contributed by atoms with van der Waals surface area (Å²) < 4.78 is 0. The average Bonchev–Trinajstić information content (AvgIpc) is 1.87. The van der Waals surface area contributed by atoms with Gasteiger partial charge in [-0.15, -0.1) is 0 Å². The molecule has 0 aromatic heterocycles. The Morgan fingerprint density at radius 3 is 1.44 bits per heavy atom. The molecule has 0 saturated carbocycles. The molecule has 0 fully saturated rings. The summed E-state index contributed by atoms with van der Waals surface area (Å²) in [6.45, 7) is 0. The Labute approximate surface area is 78.8 Å². The zero-order chi connectivity index (χ0) is 7.28. The van der Waals surface area contributed by atoms with Gasteiger partial charge in [-0.25, -0.2) is 0 Å². The standard InChI is InChI=1S/C5H12S4/c6-2-4(8)1-5(9)3-7/h4-9H,1-3H2. The molecule has 4 heteroatoms. The van der Waals surface area contributed by atoms with E-state index >= 15 is 0 Å². The highest BCUT2D eigenvalue weighted by molar-refractivity contribution is 7.85. The largest absolute Gasteiger partial charge is 0.178 e. The van der Waals surface area contributed by atoms with E-state index in [0.717, 1.165) is 17.9 Å². The van der Waals surface area contributed by atoms with Crippen molar-refractivity contribution < 1.29 is 0 Å². The van der Waals surface area contributed by atoms with Crippen LogP contribution in [0, 0.1) is 0 Å². The number of hydrogen-bond donors (Lipinski definition) is 4. The van der Waals surface area contributed by atoms with Gasteiger partial charge in [-0.2, -0.15) is 50.5 Å². The SMILES string of the molecule is SCC(S)CC(S)CS. The molecule has 9 heavy (non-hydrogen) atoms. The van der Waals surface area contributed by atoms with Crippen LogP contribution >= 0.6 is 50.5 Å². The molecule has 0 rings (SSSR count). The predicted octanol–water partition coefficient (Wildman–Crippen LogP) is 1.83. The minimum atomic E-state index is 0.364. The summed E-state index contributed by atoms with van der Waals surface area (Å²) in [5.41, 5.74) is 0. The Balaban J connectivity index is 3.22. The lowest BCUT2D eigenvalue weighted by Crippen LogP contribution is -2.11. The van der Waals surface area contributed by atoms with Gasteiger partial charge >= 0.3 is 0 Å². The maximum absolute atomic E-state index is 4.26. The first-order valence-electron chi connectivity index (χ1n) is 2.78. The monoisotopic (exact) mass is 200 g/mol. The Hall–Kier alpha value is 1.40. The average molecular weight is 200 g/mol. The van der Waals surface area contributed by atoms with Crippen molar-refractivity contribution in [2.45, 2.75) is 16.9 Å². The molecule has 2 atom stereocenters. The second-order valence-electron chi connectivity index (χ2n) is 1.91. The van der Waals surface area contributed by atoms with Crippen LogP contribution in [-0.2, 0) is 0 Å². The van der Waals surface area contributed by atoms with E-state index in [4.69, 9.17) is 0 Å². The van der Waals surface area contributed by atoms with Crippen molar-refractivity contribution in [1.82, 2.24) is 0 Å². The van der Waals surface area contributed by atoms with E-state index in [9.17, 15) is 0 Å². The van der Waals surface area contributed by atoms with Crippen molar-refractivity contribution >= 4 is 50.5 Å². The fourth-order valence-electron chi connectivity index (χ4n) is 0.463. The van der Waals surface area contributed by atoms with Crippen LogP contribution in [0.15, 0.2) is 0 Å². The van der Waals surface area contributed by atoms with Crippen LogP contribution < -0.4 is 0 Å². The van der Waals surface area contributed by atoms with E-state index in [1.807, 2.05) is 0 Å². The molecule has 0 aromatic carbocycles. The lowest BCUT2D eigenvalue weighted by molar-refractivity contribution is 0.828. The molecule has 0 aliphatic carbocycles. The normalized spacial score (nSPS) is 17.3. The molecule has 0 radical (unpaired) electrons. The Kier molecular flexibility index (Phi) is 7.09. The summed E-state index contributed by atoms with van der Waals surface area (Å²) >= 11 is 16.7. The van der Waals surface area contributed by atoms with Crippen LogP contribution in [0.25, 0.3) is 0 Å². The van der Waals surface area contributed by atoms with E-state index in [-0.39, 0.29) is 0 Å². The smallest absolute Gasteiger partial charge is 0.0116 e. The molecule has 0 saturated heterocycles. The minimum Gasteiger partial charge on any atom is -0.178 e. The van der Waals surface area contributed by atoms with E-state index in [1.165, 1.54) is 0 Å². The maximum Gasteiger partial charge on any atom is 0.0116 e. The Morgan fingerprint density at radius 1 is 0.889 bits per heavy atom. The molecule has 56 valence electrons. The lowest BCUT2D eigenvalue weighted by atomic mass is 10.2. The summed E-state index contributed by atoms with van der Waals surface area (Å²) in [6, 6.07) is 0. The van der Waals surface area contributed by atoms with Crippen molar-refractivity contribution in [3.8, 4) is 0 Å². The van der Waals surface area contributed by atoms with Crippen molar-refractivity contribution in [1.29, 1.82) is 0 Å². The van der Waals surface area contributed by atoms with Crippen LogP contribution in [0.1, 0.15) is 6.42 Å². The molecule has 0 spiro atoms. The highest BCUT2D eigenvalue weighted by Crippen LogP contribution is 2.12. The van der Waals surface area contributed by atoms with Gasteiger partial charge in [0.15, 0.2) is 0 Å². The summed E-state index contributed by atoms with van der Waals surface area (Å²) in [7, 11) is 0. The van der Waals surface area contributed by atoms with Gasteiger partial charge in [-0.1, -0.05) is 0 Å². The molecule has 2 unspecified atom stereocenters. The highest BCUT2D eigenvalue weighted by Gasteiger charge is 2.05. The summed E-state index contributed by atoms with van der Waals surface area (Å²) in [5.74, 6) is 1.63. The van der Waals surface area contributed by atoms with E-state index < -0.39 is 0 Å². The Morgan fingerprint density at radius 2 is 1.22 bits per heavy atom. The number of hydrogen-bond acceptors (Lipinski definition) is 4. The molecule has 0 aromatic rings. The molecule has 0 amide bonds. The first-order chi connectivity index (χ1) is 4.20. The van der Waals surface area contributed by atoms with Gasteiger partial charge < -0.3 is 0 Å². The molecule has 0 aliphatic heterocycles. The quantitative estimate of drug-likeness (QED) is 0.489. The fraction of sp³-hybridized carbons (Fsp3) is 1.00. The summed E-state index contributed by atoms with van der Waals surface area (Å²) in [6.07, 6.45) is 0.985. The van der Waals surface area contributed by atoms with Crippen LogP contribution in [0.4, 0.5) is 0 Å². The van der Waals surface area contributed by atoms with Crippen molar-refractivity contribution in [3.05, 3.63) is 0 Å². The van der Waals surface area contributed by atoms with Gasteiger partial charge in [0.25, 0.3) is 0 Å². The predicted molar refractivity (Wildman–Crippen MR) is 57.9 cm³/mol. The minimum absolute atomic E-state index is 0.364. The van der Waals surface area contributed by atoms with Crippen LogP contribution in [0.5, 0.6) is 0 Å². The van der Waals surface area contributed by atoms with Crippen LogP contribution in [0.3, 0.4) is 0 Å². The second kappa shape index (κ2) is 6.13. The fourth-order valence-corrected chi connectivity index (χ4v) is 1.44. The van der Waals surface area contributed by atoms with Gasteiger partial charge in [-0.05, 0) is 6.42 Å². The van der Waals surface area contributed by atoms with Gasteiger partial charge in [-0.3, -0.25) is 0 Å². The number of rotatable bonds is 4. The molecule has 0 aliphatic rings. The first-order valence-corrected chi connectivity index (χ1v) is 5.08. The summed E-state index contributed by atoms with van der Waals surface area (Å²) in [5, 5.41) is 0.728. The molecule has 0 nitrogen and oxygen atoms in total. The van der Waals surface area contributed by atoms with E-state index in [0.29, 0.717) is 10.5 Å². The summed E-state index contributed by atoms with van der Waals surface area (Å²) in [4.78, 5) is 0. The third kappa shape index (κ3) is 5.83. The Bertz CT molecular complexity index is 58.0. The van der Waals surface area contributed by atoms with Gasteiger partial charge in [0, 0.05) is 22.0 Å². The topological polar surface area (TPSA) is 0 Å². The molecular formula is C5H12S4. The number of thiol groups is 4. The van der Waals surface area contributed by atoms with E-state index in [2.05, 4.69) is 50.5 Å². The molecule has 0 heterocycles. The van der Waals surface area contributed by atoms with E-state index in [1.54, 1.807) is 0 Å². The van der Waals surface area contributed by atoms with Crippen molar-refractivity contribution in [3.63, 3.8) is 0 Å². The third-order valence-electron chi connectivity index (χ3n) is 0.966. The zero-order valence-corrected chi connectivity index (χ0v) is 8.64. The highest BCUT2D eigenvalue weighted by atomic mass is 32.1. The van der Waals surface area contributed by atoms with Gasteiger partial charge in [0.2, 0.25) is 0 Å². The molecular weight excluding hydrogens is 188 g/mol. The second-order valence-corrected chi connectivity index (χ2v) is 4.10. The van der Waals surface area contributed by atoms with Crippen molar-refractivity contribution in [2.24, 2.45) is 0 Å². The van der Waals surface area contributed by atoms with Gasteiger partial charge in [0.1, 0.15) is 0 Å². The lowest BCUT2D eigenvalue weighted by Gasteiger charge is -2.10. The van der Waals surface area contributed by atoms with Crippen LogP contribution in [-0.4, -0.2) is 22.0 Å². The maximum atomic E-state index is 4.26. The molecule has 0 bridgehead atoms.